The molecule has 0 unspecified atom stereocenters. The molecule has 0 heterocycles. The first-order valence-electron chi connectivity index (χ1n) is 13.1. The number of hydrogen-bond acceptors (Lipinski definition) is 7. The van der Waals surface area contributed by atoms with Crippen molar-refractivity contribution in [2.75, 3.05) is 0 Å². The molecule has 0 aromatic heterocycles. The summed E-state index contributed by atoms with van der Waals surface area (Å²) in [6, 6.07) is 0. The minimum atomic E-state index is -1.90. The summed E-state index contributed by atoms with van der Waals surface area (Å²) in [7, 11) is 0. The van der Waals surface area contributed by atoms with Gasteiger partial charge in [0.2, 0.25) is 11.8 Å². The van der Waals surface area contributed by atoms with Crippen LogP contribution >= 0.6 is 0 Å². The van der Waals surface area contributed by atoms with E-state index in [4.69, 9.17) is 0 Å². The second kappa shape index (κ2) is 14.9. The van der Waals surface area contributed by atoms with Gasteiger partial charge in [-0.1, -0.05) is 68.7 Å². The molecule has 39 heavy (non-hydrogen) atoms. The average molecular weight is 539 g/mol. The predicted octanol–water partition coefficient (Wildman–Crippen LogP) is 3.30. The van der Waals surface area contributed by atoms with Gasteiger partial charge in [-0.2, -0.15) is 0 Å². The Hall–Kier alpha value is -3.82. The highest BCUT2D eigenvalue weighted by Gasteiger charge is 2.38. The Morgan fingerprint density at radius 1 is 1.05 bits per heavy atom. The Morgan fingerprint density at radius 3 is 2.41 bits per heavy atom. The molecule has 0 aromatic carbocycles. The molecule has 2 amide bonds. The lowest BCUT2D eigenvalue weighted by atomic mass is 9.85. The fourth-order valence-electron chi connectivity index (χ4n) is 4.05. The maximum Gasteiger partial charge on any atom is 0.248 e. The van der Waals surface area contributed by atoms with Crippen molar-refractivity contribution in [2.45, 2.75) is 71.0 Å². The van der Waals surface area contributed by atoms with Crippen molar-refractivity contribution in [3.63, 3.8) is 0 Å². The van der Waals surface area contributed by atoms with Gasteiger partial charge in [0.15, 0.2) is 11.6 Å². The van der Waals surface area contributed by atoms with Crippen LogP contribution in [0.25, 0.3) is 0 Å². The Kier molecular flexibility index (Phi) is 12.0. The monoisotopic (exact) mass is 538 g/mol. The lowest BCUT2D eigenvalue weighted by Gasteiger charge is -2.31. The molecule has 0 saturated heterocycles. The molecule has 2 aliphatic carbocycles. The van der Waals surface area contributed by atoms with Gasteiger partial charge in [0, 0.05) is 31.4 Å². The smallest absolute Gasteiger partial charge is 0.248 e. The second-order valence-corrected chi connectivity index (χ2v) is 9.78. The molecule has 3 atom stereocenters. The van der Waals surface area contributed by atoms with Crippen molar-refractivity contribution >= 4 is 23.4 Å². The molecule has 9 nitrogen and oxygen atoms in total. The summed E-state index contributed by atoms with van der Waals surface area (Å²) in [6.45, 7) is 6.15. The number of rotatable bonds is 12. The number of ketones is 2. The SMILES string of the molecule is CCCC[C@H](C)/C=C(C)/C=C/C(=O)NC1=C[C@@](O)(/C=C/C=C/C=C/C(=O)NC2=C(O)CCC2=O)[C@H](O)CC1=O. The van der Waals surface area contributed by atoms with Gasteiger partial charge in [-0.25, -0.2) is 0 Å². The molecule has 0 aromatic rings. The Bertz CT molecular complexity index is 1170. The fourth-order valence-corrected chi connectivity index (χ4v) is 4.05. The quantitative estimate of drug-likeness (QED) is 0.189. The van der Waals surface area contributed by atoms with E-state index in [2.05, 4.69) is 30.6 Å². The third-order valence-corrected chi connectivity index (χ3v) is 6.25. The standard InChI is InChI=1S/C30H38N2O7/c1-4-5-10-20(2)17-21(3)12-15-28(38)31-22-19-30(39,26(36)18-25(22)35)16-9-7-6-8-11-27(37)32-29-23(33)13-14-24(29)34/h6-9,11-12,15-17,19-20,26,33,36,39H,4-5,10,13-14,18H2,1-3H3,(H,31,38)(H,32,37)/b7-6+,11-8+,15-12+,16-9+,21-17+/t20-,26+,30-/m0/s1. The van der Waals surface area contributed by atoms with Crippen LogP contribution in [0.3, 0.4) is 0 Å². The second-order valence-electron chi connectivity index (χ2n) is 9.78. The summed E-state index contributed by atoms with van der Waals surface area (Å²) in [5.74, 6) is -1.71. The van der Waals surface area contributed by atoms with Crippen LogP contribution in [-0.2, 0) is 19.2 Å². The number of hydrogen-bond donors (Lipinski definition) is 5. The zero-order valence-electron chi connectivity index (χ0n) is 22.6. The van der Waals surface area contributed by atoms with E-state index in [0.29, 0.717) is 5.92 Å². The Labute approximate surface area is 229 Å². The maximum absolute atomic E-state index is 12.4. The number of aliphatic hydroxyl groups is 3. The van der Waals surface area contributed by atoms with Crippen LogP contribution < -0.4 is 10.6 Å². The first-order valence-corrected chi connectivity index (χ1v) is 13.1. The molecule has 0 aliphatic heterocycles. The van der Waals surface area contributed by atoms with Gasteiger partial charge in [-0.15, -0.1) is 0 Å². The lowest BCUT2D eigenvalue weighted by molar-refractivity contribution is -0.124. The lowest BCUT2D eigenvalue weighted by Crippen LogP contribution is -2.46. The maximum atomic E-state index is 12.4. The van der Waals surface area contributed by atoms with Crippen LogP contribution in [0.5, 0.6) is 0 Å². The zero-order chi connectivity index (χ0) is 29.0. The summed E-state index contributed by atoms with van der Waals surface area (Å²) in [5, 5.41) is 35.6. The van der Waals surface area contributed by atoms with Crippen molar-refractivity contribution in [1.82, 2.24) is 10.6 Å². The van der Waals surface area contributed by atoms with Crippen LogP contribution in [0.4, 0.5) is 0 Å². The third-order valence-electron chi connectivity index (χ3n) is 6.25. The van der Waals surface area contributed by atoms with Crippen LogP contribution in [-0.4, -0.2) is 50.4 Å². The first-order chi connectivity index (χ1) is 18.4. The van der Waals surface area contributed by atoms with E-state index in [-0.39, 0.29) is 42.2 Å². The number of amides is 2. The Balaban J connectivity index is 1.98. The topological polar surface area (TPSA) is 153 Å². The number of aliphatic hydroxyl groups excluding tert-OH is 2. The summed E-state index contributed by atoms with van der Waals surface area (Å²) in [5.41, 5.74) is -1.18. The third kappa shape index (κ3) is 10.1. The minimum Gasteiger partial charge on any atom is -0.510 e. The van der Waals surface area contributed by atoms with E-state index in [9.17, 15) is 34.5 Å². The molecule has 0 bridgehead atoms. The summed E-state index contributed by atoms with van der Waals surface area (Å²) >= 11 is 0. The molecule has 0 saturated carbocycles. The Morgan fingerprint density at radius 2 is 1.74 bits per heavy atom. The van der Waals surface area contributed by atoms with Gasteiger partial charge < -0.3 is 26.0 Å². The molecule has 2 aliphatic rings. The van der Waals surface area contributed by atoms with Crippen LogP contribution in [0, 0.1) is 5.92 Å². The summed E-state index contributed by atoms with van der Waals surface area (Å²) in [6.07, 6.45) is 16.2. The van der Waals surface area contributed by atoms with Gasteiger partial charge in [-0.3, -0.25) is 19.2 Å². The molecular weight excluding hydrogens is 500 g/mol. The molecule has 0 spiro atoms. The van der Waals surface area contributed by atoms with Gasteiger partial charge in [-0.05, 0) is 31.4 Å². The first kappa shape index (κ1) is 31.4. The molecule has 9 heteroatoms. The van der Waals surface area contributed by atoms with Crippen molar-refractivity contribution in [1.29, 1.82) is 0 Å². The number of carbonyl (C=O) groups is 4. The number of nitrogens with one attached hydrogen (secondary N) is 2. The van der Waals surface area contributed by atoms with Gasteiger partial charge >= 0.3 is 0 Å². The molecule has 2 rings (SSSR count). The van der Waals surface area contributed by atoms with Crippen LogP contribution in [0.2, 0.25) is 0 Å². The van der Waals surface area contributed by atoms with E-state index in [1.165, 1.54) is 36.5 Å². The largest absolute Gasteiger partial charge is 0.510 e. The van der Waals surface area contributed by atoms with Crippen molar-refractivity contribution in [3.05, 3.63) is 83.5 Å². The highest BCUT2D eigenvalue weighted by Crippen LogP contribution is 2.26. The fraction of sp³-hybridized carbons (Fsp3) is 0.400. The molecule has 210 valence electrons. The van der Waals surface area contributed by atoms with Crippen molar-refractivity contribution in [2.24, 2.45) is 5.92 Å². The van der Waals surface area contributed by atoms with Crippen molar-refractivity contribution < 1.29 is 34.5 Å². The van der Waals surface area contributed by atoms with E-state index in [1.54, 1.807) is 6.08 Å². The number of unbranched alkanes of at least 4 members (excludes halogenated alkanes) is 1. The van der Waals surface area contributed by atoms with Gasteiger partial charge in [0.05, 0.1) is 11.8 Å². The molecule has 0 radical (unpaired) electrons. The number of Topliss-reactive ketones (excluding diaryl/α,β-unsaturated/α-hetero) is 2. The van der Waals surface area contributed by atoms with Crippen LogP contribution in [0.1, 0.15) is 59.3 Å². The van der Waals surface area contributed by atoms with Crippen LogP contribution in [0.15, 0.2) is 83.5 Å². The summed E-state index contributed by atoms with van der Waals surface area (Å²) < 4.78 is 0. The van der Waals surface area contributed by atoms with Crippen molar-refractivity contribution in [3.8, 4) is 0 Å². The predicted molar refractivity (Wildman–Crippen MR) is 148 cm³/mol. The summed E-state index contributed by atoms with van der Waals surface area (Å²) in [4.78, 5) is 48.2. The number of carbonyl (C=O) groups excluding carboxylic acids is 4. The van der Waals surface area contributed by atoms with E-state index in [1.807, 2.05) is 6.92 Å². The van der Waals surface area contributed by atoms with Gasteiger partial charge in [0.1, 0.15) is 17.1 Å². The van der Waals surface area contributed by atoms with Gasteiger partial charge in [0.25, 0.3) is 0 Å². The number of allylic oxidation sites excluding steroid dienone is 10. The van der Waals surface area contributed by atoms with E-state index in [0.717, 1.165) is 37.0 Å². The highest BCUT2D eigenvalue weighted by atomic mass is 16.3. The van der Waals surface area contributed by atoms with E-state index >= 15 is 0 Å². The highest BCUT2D eigenvalue weighted by molar-refractivity contribution is 6.03. The molecular formula is C30H38N2O7. The zero-order valence-corrected chi connectivity index (χ0v) is 22.6. The average Bonchev–Trinajstić information content (AvgIpc) is 3.19. The normalized spacial score (nSPS) is 23.5. The minimum absolute atomic E-state index is 0.0923. The molecule has 0 fully saturated rings. The van der Waals surface area contributed by atoms with E-state index < -0.39 is 29.3 Å². The molecule has 5 N–H and O–H groups in total.